The minimum Gasteiger partial charge on any atom is -0.139 e. The molecule has 1 heterocycles. The Labute approximate surface area is 128 Å². The van der Waals surface area contributed by atoms with Gasteiger partial charge in [-0.1, -0.05) is 20.8 Å². The molecule has 0 amide bonds. The molecule has 0 aliphatic rings. The van der Waals surface area contributed by atoms with E-state index in [1.54, 1.807) is 4.88 Å². The van der Waals surface area contributed by atoms with E-state index in [4.69, 9.17) is 0 Å². The van der Waals surface area contributed by atoms with Crippen LogP contribution in [0.5, 0.6) is 0 Å². The van der Waals surface area contributed by atoms with Crippen molar-refractivity contribution in [3.8, 4) is 0 Å². The Bertz CT molecular complexity index is 654. The summed E-state index contributed by atoms with van der Waals surface area (Å²) in [6.45, 7) is 18.5. The Balaban J connectivity index is 2.90. The number of benzene rings is 1. The van der Waals surface area contributed by atoms with Crippen molar-refractivity contribution >= 4 is 21.4 Å². The van der Waals surface area contributed by atoms with Crippen molar-refractivity contribution in [2.45, 2.75) is 73.6 Å². The molecule has 0 nitrogen and oxygen atoms in total. The molecule has 0 radical (unpaired) electrons. The second-order valence-corrected chi connectivity index (χ2v) is 7.55. The van der Waals surface area contributed by atoms with Gasteiger partial charge in [0.15, 0.2) is 0 Å². The Hall–Kier alpha value is -0.820. The van der Waals surface area contributed by atoms with Crippen LogP contribution in [0.25, 0.3) is 10.1 Å². The van der Waals surface area contributed by atoms with E-state index in [0.717, 1.165) is 0 Å². The molecule has 0 saturated carbocycles. The fourth-order valence-corrected chi connectivity index (χ4v) is 5.01. The maximum atomic E-state index is 2.43. The minimum atomic E-state index is 0.328. The summed E-state index contributed by atoms with van der Waals surface area (Å²) in [7, 11) is 0. The zero-order valence-corrected chi connectivity index (χ0v) is 15.1. The molecular formula is C19H28S. The monoisotopic (exact) mass is 288 g/mol. The number of fused-ring (bicyclic) bond motifs is 1. The second kappa shape index (κ2) is 5.18. The van der Waals surface area contributed by atoms with Crippen molar-refractivity contribution in [2.24, 2.45) is 0 Å². The van der Waals surface area contributed by atoms with Gasteiger partial charge in [0.25, 0.3) is 0 Å². The van der Waals surface area contributed by atoms with Crippen molar-refractivity contribution in [1.82, 2.24) is 0 Å². The van der Waals surface area contributed by atoms with E-state index in [9.17, 15) is 0 Å². The molecule has 0 aliphatic heterocycles. The van der Waals surface area contributed by atoms with Gasteiger partial charge in [0.2, 0.25) is 0 Å². The number of rotatable bonds is 3. The van der Waals surface area contributed by atoms with Crippen LogP contribution in [0, 0.1) is 34.6 Å². The summed E-state index contributed by atoms with van der Waals surface area (Å²) in [6.07, 6.45) is 2.43. The van der Waals surface area contributed by atoms with Crippen LogP contribution in [-0.4, -0.2) is 0 Å². The summed E-state index contributed by atoms with van der Waals surface area (Å²) in [4.78, 5) is 1.61. The normalized spacial score (nSPS) is 12.4. The molecule has 1 aromatic heterocycles. The van der Waals surface area contributed by atoms with Crippen LogP contribution in [0.3, 0.4) is 0 Å². The van der Waals surface area contributed by atoms with Crippen molar-refractivity contribution in [2.75, 3.05) is 0 Å². The quantitative estimate of drug-likeness (QED) is 0.603. The Morgan fingerprint density at radius 1 is 0.750 bits per heavy atom. The zero-order chi connectivity index (χ0) is 15.2. The van der Waals surface area contributed by atoms with Crippen LogP contribution in [0.4, 0.5) is 0 Å². The first-order valence-corrected chi connectivity index (χ1v) is 8.60. The second-order valence-electron chi connectivity index (χ2n) is 6.53. The number of hydrogen-bond acceptors (Lipinski definition) is 1. The molecular weight excluding hydrogens is 260 g/mol. The first-order valence-electron chi connectivity index (χ1n) is 7.78. The van der Waals surface area contributed by atoms with Crippen molar-refractivity contribution in [3.05, 3.63) is 32.7 Å². The molecule has 0 bridgehead atoms. The molecule has 0 atom stereocenters. The third kappa shape index (κ3) is 2.02. The number of thiophene rings is 1. The number of hydrogen-bond donors (Lipinski definition) is 0. The highest BCUT2D eigenvalue weighted by atomic mass is 32.1. The summed E-state index contributed by atoms with van der Waals surface area (Å²) < 4.78 is 1.52. The molecule has 1 heteroatoms. The van der Waals surface area contributed by atoms with Crippen LogP contribution >= 0.6 is 11.3 Å². The summed E-state index contributed by atoms with van der Waals surface area (Å²) in [5.41, 5.74) is 7.76. The van der Waals surface area contributed by atoms with Gasteiger partial charge in [-0.05, 0) is 80.7 Å². The van der Waals surface area contributed by atoms with Gasteiger partial charge in [0.1, 0.15) is 0 Å². The van der Waals surface area contributed by atoms with Gasteiger partial charge in [-0.25, -0.2) is 0 Å². The van der Waals surface area contributed by atoms with Crippen LogP contribution in [-0.2, 0) is 5.41 Å². The van der Waals surface area contributed by atoms with E-state index in [2.05, 4.69) is 55.4 Å². The average Bonchev–Trinajstić information content (AvgIpc) is 2.80. The maximum Gasteiger partial charge on any atom is 0.0383 e. The first kappa shape index (κ1) is 15.6. The summed E-state index contributed by atoms with van der Waals surface area (Å²) in [5, 5.41) is 1.53. The molecule has 0 unspecified atom stereocenters. The first-order chi connectivity index (χ1) is 9.28. The standard InChI is InChI=1S/C19H28S/c1-9-19(8,10-2)18-15(7)16-13(5)11(3)12(4)14(6)17(16)20-18/h9-10H2,1-8H3. The molecule has 110 valence electrons. The van der Waals surface area contributed by atoms with Gasteiger partial charge in [0.05, 0.1) is 0 Å². The van der Waals surface area contributed by atoms with Gasteiger partial charge in [-0.2, -0.15) is 0 Å². The van der Waals surface area contributed by atoms with E-state index in [-0.39, 0.29) is 0 Å². The van der Waals surface area contributed by atoms with E-state index in [1.807, 2.05) is 11.3 Å². The van der Waals surface area contributed by atoms with Crippen LogP contribution < -0.4 is 0 Å². The predicted molar refractivity (Wildman–Crippen MR) is 93.4 cm³/mol. The van der Waals surface area contributed by atoms with E-state index < -0.39 is 0 Å². The van der Waals surface area contributed by atoms with E-state index >= 15 is 0 Å². The minimum absolute atomic E-state index is 0.328. The Morgan fingerprint density at radius 3 is 1.75 bits per heavy atom. The van der Waals surface area contributed by atoms with Gasteiger partial charge >= 0.3 is 0 Å². The summed E-state index contributed by atoms with van der Waals surface area (Å²) in [5.74, 6) is 0. The lowest BCUT2D eigenvalue weighted by Crippen LogP contribution is -2.18. The molecule has 1 aromatic carbocycles. The highest BCUT2D eigenvalue weighted by molar-refractivity contribution is 7.19. The lowest BCUT2D eigenvalue weighted by Gasteiger charge is -2.26. The largest absolute Gasteiger partial charge is 0.139 e. The van der Waals surface area contributed by atoms with Gasteiger partial charge in [-0.3, -0.25) is 0 Å². The molecule has 2 rings (SSSR count). The highest BCUT2D eigenvalue weighted by Crippen LogP contribution is 2.45. The third-order valence-corrected chi connectivity index (χ3v) is 7.38. The SMILES string of the molecule is CCC(C)(CC)c1sc2c(C)c(C)c(C)c(C)c2c1C. The van der Waals surface area contributed by atoms with Crippen LogP contribution in [0.1, 0.15) is 66.3 Å². The third-order valence-electron chi connectivity index (χ3n) is 5.66. The molecule has 0 spiro atoms. The molecule has 0 aliphatic carbocycles. The fraction of sp³-hybridized carbons (Fsp3) is 0.579. The van der Waals surface area contributed by atoms with Gasteiger partial charge < -0.3 is 0 Å². The highest BCUT2D eigenvalue weighted by Gasteiger charge is 2.28. The van der Waals surface area contributed by atoms with Gasteiger partial charge in [0, 0.05) is 15.0 Å². The fourth-order valence-electron chi connectivity index (χ4n) is 3.30. The predicted octanol–water partition coefficient (Wildman–Crippen LogP) is 6.52. The van der Waals surface area contributed by atoms with Crippen molar-refractivity contribution in [1.29, 1.82) is 0 Å². The smallest absolute Gasteiger partial charge is 0.0383 e. The van der Waals surface area contributed by atoms with Gasteiger partial charge in [-0.15, -0.1) is 11.3 Å². The molecule has 0 fully saturated rings. The van der Waals surface area contributed by atoms with Crippen LogP contribution in [0.15, 0.2) is 0 Å². The lowest BCUT2D eigenvalue weighted by molar-refractivity contribution is 0.446. The Kier molecular flexibility index (Phi) is 4.03. The number of aryl methyl sites for hydroxylation is 3. The van der Waals surface area contributed by atoms with Crippen molar-refractivity contribution < 1.29 is 0 Å². The topological polar surface area (TPSA) is 0 Å². The van der Waals surface area contributed by atoms with E-state index in [0.29, 0.717) is 5.41 Å². The lowest BCUT2D eigenvalue weighted by atomic mass is 9.80. The van der Waals surface area contributed by atoms with Crippen molar-refractivity contribution in [3.63, 3.8) is 0 Å². The summed E-state index contributed by atoms with van der Waals surface area (Å²) in [6, 6.07) is 0. The molecule has 0 saturated heterocycles. The van der Waals surface area contributed by atoms with Crippen LogP contribution in [0.2, 0.25) is 0 Å². The van der Waals surface area contributed by atoms with E-state index in [1.165, 1.54) is 50.7 Å². The Morgan fingerprint density at radius 2 is 1.25 bits per heavy atom. The summed E-state index contributed by atoms with van der Waals surface area (Å²) >= 11 is 2.04. The molecule has 0 N–H and O–H groups in total. The average molecular weight is 288 g/mol. The molecule has 2 aromatic rings. The maximum absolute atomic E-state index is 2.43. The zero-order valence-electron chi connectivity index (χ0n) is 14.3. The molecule has 20 heavy (non-hydrogen) atoms.